The summed E-state index contributed by atoms with van der Waals surface area (Å²) < 4.78 is 1.13. The van der Waals surface area contributed by atoms with E-state index in [1.165, 1.54) is 11.3 Å². The molecule has 0 N–H and O–H groups in total. The van der Waals surface area contributed by atoms with E-state index in [1.54, 1.807) is 35.8 Å². The normalized spacial score (nSPS) is 17.2. The Morgan fingerprint density at radius 2 is 1.97 bits per heavy atom. The van der Waals surface area contributed by atoms with Gasteiger partial charge in [0.25, 0.3) is 11.8 Å². The molecule has 0 bridgehead atoms. The van der Waals surface area contributed by atoms with Crippen LogP contribution in [0.15, 0.2) is 29.8 Å². The van der Waals surface area contributed by atoms with E-state index in [2.05, 4.69) is 17.1 Å². The number of rotatable bonds is 4. The second-order valence-corrected chi connectivity index (χ2v) is 9.99. The van der Waals surface area contributed by atoms with Crippen molar-refractivity contribution in [3.8, 4) is 0 Å². The molecule has 3 aromatic rings. The third-order valence-electron chi connectivity index (χ3n) is 5.82. The van der Waals surface area contributed by atoms with Crippen LogP contribution in [-0.4, -0.2) is 53.3 Å². The molecule has 1 fully saturated rings. The molecule has 0 radical (unpaired) electrons. The van der Waals surface area contributed by atoms with Gasteiger partial charge in [0, 0.05) is 31.4 Å². The molecule has 1 atom stereocenters. The van der Waals surface area contributed by atoms with Gasteiger partial charge in [0.2, 0.25) is 0 Å². The molecule has 4 rings (SSSR count). The molecule has 5 nitrogen and oxygen atoms in total. The molecule has 1 aliphatic heterocycles. The van der Waals surface area contributed by atoms with Gasteiger partial charge in [-0.3, -0.25) is 9.59 Å². The Morgan fingerprint density at radius 3 is 2.70 bits per heavy atom. The average molecular weight is 442 g/mol. The number of thiazole rings is 1. The van der Waals surface area contributed by atoms with Gasteiger partial charge in [0.05, 0.1) is 16.1 Å². The maximum Gasteiger partial charge on any atom is 0.266 e. The second-order valence-electron chi connectivity index (χ2n) is 8.08. The first-order valence-corrected chi connectivity index (χ1v) is 12.1. The van der Waals surface area contributed by atoms with Gasteiger partial charge in [0.15, 0.2) is 0 Å². The van der Waals surface area contributed by atoms with Crippen LogP contribution in [0.5, 0.6) is 0 Å². The van der Waals surface area contributed by atoms with E-state index >= 15 is 0 Å². The molecule has 1 aliphatic rings. The summed E-state index contributed by atoms with van der Waals surface area (Å²) in [5.74, 6) is 0.123. The number of thiophene rings is 1. The standard InChI is InChI=1S/C23H27N3O2S2/c1-15-20(29-14-24-15)23(28)26-12-8-4-5-9-16(26)13-18-17-10-6-7-11-19(17)30-21(18)22(27)25(2)3/h6-7,10-11,14,16H,4-5,8-9,12-13H2,1-3H3/t16-/m1/s1. The zero-order valence-corrected chi connectivity index (χ0v) is 19.3. The number of aromatic nitrogens is 1. The predicted molar refractivity (Wildman–Crippen MR) is 124 cm³/mol. The Bertz CT molecular complexity index is 1070. The maximum absolute atomic E-state index is 13.4. The number of carbonyl (C=O) groups is 2. The lowest BCUT2D eigenvalue weighted by atomic mass is 9.97. The van der Waals surface area contributed by atoms with Gasteiger partial charge < -0.3 is 9.80 Å². The van der Waals surface area contributed by atoms with Gasteiger partial charge in [-0.1, -0.05) is 31.0 Å². The molecule has 1 saturated heterocycles. The molecule has 0 spiro atoms. The van der Waals surface area contributed by atoms with Crippen LogP contribution in [0, 0.1) is 6.92 Å². The van der Waals surface area contributed by atoms with E-state index in [1.807, 2.05) is 24.0 Å². The fourth-order valence-electron chi connectivity index (χ4n) is 4.21. The number of nitrogens with zero attached hydrogens (tertiary/aromatic N) is 3. The number of amides is 2. The van der Waals surface area contributed by atoms with E-state index in [0.717, 1.165) is 63.3 Å². The summed E-state index contributed by atoms with van der Waals surface area (Å²) in [5, 5.41) is 1.14. The van der Waals surface area contributed by atoms with Crippen molar-refractivity contribution < 1.29 is 9.59 Å². The second kappa shape index (κ2) is 8.86. The van der Waals surface area contributed by atoms with Crippen LogP contribution in [-0.2, 0) is 6.42 Å². The number of carbonyl (C=O) groups excluding carboxylic acids is 2. The van der Waals surface area contributed by atoms with Crippen molar-refractivity contribution in [2.75, 3.05) is 20.6 Å². The Labute approximate surface area is 185 Å². The highest BCUT2D eigenvalue weighted by molar-refractivity contribution is 7.21. The lowest BCUT2D eigenvalue weighted by Crippen LogP contribution is -2.41. The summed E-state index contributed by atoms with van der Waals surface area (Å²) in [6.45, 7) is 2.66. The zero-order chi connectivity index (χ0) is 21.3. The van der Waals surface area contributed by atoms with Crippen LogP contribution >= 0.6 is 22.7 Å². The SMILES string of the molecule is Cc1ncsc1C(=O)N1CCCCC[C@@H]1Cc1c(C(=O)N(C)C)sc2ccccc12. The predicted octanol–water partition coefficient (Wildman–Crippen LogP) is 5.00. The van der Waals surface area contributed by atoms with Crippen molar-refractivity contribution in [1.29, 1.82) is 0 Å². The van der Waals surface area contributed by atoms with E-state index < -0.39 is 0 Å². The van der Waals surface area contributed by atoms with Crippen molar-refractivity contribution in [3.63, 3.8) is 0 Å². The molecular formula is C23H27N3O2S2. The van der Waals surface area contributed by atoms with Crippen LogP contribution in [0.25, 0.3) is 10.1 Å². The first-order chi connectivity index (χ1) is 14.5. The lowest BCUT2D eigenvalue weighted by Gasteiger charge is -2.30. The highest BCUT2D eigenvalue weighted by Gasteiger charge is 2.31. The number of hydrogen-bond acceptors (Lipinski definition) is 5. The summed E-state index contributed by atoms with van der Waals surface area (Å²) in [7, 11) is 3.59. The Hall–Kier alpha value is -2.25. The number of benzene rings is 1. The van der Waals surface area contributed by atoms with E-state index in [4.69, 9.17) is 0 Å². The van der Waals surface area contributed by atoms with Crippen LogP contribution in [0.3, 0.4) is 0 Å². The van der Waals surface area contributed by atoms with Crippen LogP contribution in [0.4, 0.5) is 0 Å². The minimum absolute atomic E-state index is 0.0380. The Morgan fingerprint density at radius 1 is 1.17 bits per heavy atom. The summed E-state index contributed by atoms with van der Waals surface area (Å²) in [4.78, 5) is 35.8. The molecule has 7 heteroatoms. The van der Waals surface area contributed by atoms with Crippen molar-refractivity contribution in [1.82, 2.24) is 14.8 Å². The highest BCUT2D eigenvalue weighted by Crippen LogP contribution is 2.35. The fraction of sp³-hybridized carbons (Fsp3) is 0.435. The van der Waals surface area contributed by atoms with Crippen LogP contribution in [0.2, 0.25) is 0 Å². The maximum atomic E-state index is 13.4. The quantitative estimate of drug-likeness (QED) is 0.573. The summed E-state index contributed by atoms with van der Waals surface area (Å²) >= 11 is 2.98. The third-order valence-corrected chi connectivity index (χ3v) is 7.93. The minimum atomic E-state index is 0.0380. The molecule has 2 aromatic heterocycles. The number of fused-ring (bicyclic) bond motifs is 1. The van der Waals surface area contributed by atoms with Crippen molar-refractivity contribution >= 4 is 44.6 Å². The van der Waals surface area contributed by atoms with Gasteiger partial charge in [-0.05, 0) is 43.2 Å². The van der Waals surface area contributed by atoms with Gasteiger partial charge in [0.1, 0.15) is 4.88 Å². The lowest BCUT2D eigenvalue weighted by molar-refractivity contribution is 0.0686. The van der Waals surface area contributed by atoms with Crippen LogP contribution < -0.4 is 0 Å². The molecule has 30 heavy (non-hydrogen) atoms. The van der Waals surface area contributed by atoms with Crippen LogP contribution in [0.1, 0.15) is 56.3 Å². The molecule has 0 aliphatic carbocycles. The van der Waals surface area contributed by atoms with Crippen molar-refractivity contribution in [2.45, 2.75) is 45.1 Å². The van der Waals surface area contributed by atoms with E-state index in [-0.39, 0.29) is 17.9 Å². The van der Waals surface area contributed by atoms with E-state index in [9.17, 15) is 9.59 Å². The number of likely N-dealkylation sites (tertiary alicyclic amines) is 1. The Kier molecular flexibility index (Phi) is 6.20. The van der Waals surface area contributed by atoms with Gasteiger partial charge in [-0.25, -0.2) is 4.98 Å². The van der Waals surface area contributed by atoms with Crippen molar-refractivity contribution in [2.24, 2.45) is 0 Å². The molecule has 1 aromatic carbocycles. The largest absolute Gasteiger partial charge is 0.344 e. The summed E-state index contributed by atoms with van der Waals surface area (Å²) in [6.07, 6.45) is 4.94. The highest BCUT2D eigenvalue weighted by atomic mass is 32.1. The molecular weight excluding hydrogens is 414 g/mol. The first-order valence-electron chi connectivity index (χ1n) is 10.4. The average Bonchev–Trinajstić information content (AvgIpc) is 3.24. The third kappa shape index (κ3) is 4.01. The molecule has 0 saturated carbocycles. The zero-order valence-electron chi connectivity index (χ0n) is 17.7. The van der Waals surface area contributed by atoms with Crippen molar-refractivity contribution in [3.05, 3.63) is 50.8 Å². The molecule has 3 heterocycles. The molecule has 0 unspecified atom stereocenters. The smallest absolute Gasteiger partial charge is 0.266 e. The Balaban J connectivity index is 1.73. The van der Waals surface area contributed by atoms with Gasteiger partial charge in [-0.2, -0.15) is 0 Å². The summed E-state index contributed by atoms with van der Waals surface area (Å²) in [6, 6.07) is 8.31. The molecule has 158 valence electrons. The van der Waals surface area contributed by atoms with Gasteiger partial charge in [-0.15, -0.1) is 22.7 Å². The monoisotopic (exact) mass is 441 g/mol. The topological polar surface area (TPSA) is 53.5 Å². The van der Waals surface area contributed by atoms with E-state index in [0.29, 0.717) is 6.42 Å². The fourth-order valence-corrected chi connectivity index (χ4v) is 6.22. The minimum Gasteiger partial charge on any atom is -0.344 e. The molecule has 2 amide bonds. The number of aryl methyl sites for hydroxylation is 1. The number of hydrogen-bond donors (Lipinski definition) is 0. The van der Waals surface area contributed by atoms with Gasteiger partial charge >= 0.3 is 0 Å². The summed E-state index contributed by atoms with van der Waals surface area (Å²) in [5.41, 5.74) is 3.63. The first kappa shape index (κ1) is 21.0.